The third kappa shape index (κ3) is 4.04. The molecule has 0 aliphatic rings. The Labute approximate surface area is 145 Å². The molecule has 2 N–H and O–H groups in total. The fourth-order valence-electron chi connectivity index (χ4n) is 2.91. The maximum absolute atomic E-state index is 11.5. The molecule has 0 amide bonds. The first-order chi connectivity index (χ1) is 11.8. The van der Waals surface area contributed by atoms with Crippen LogP contribution in [-0.2, 0) is 13.0 Å². The third-order valence-electron chi connectivity index (χ3n) is 4.20. The van der Waals surface area contributed by atoms with Gasteiger partial charge in [0.15, 0.2) is 0 Å². The Bertz CT molecular complexity index is 848. The number of benzene rings is 2. The summed E-state index contributed by atoms with van der Waals surface area (Å²) < 4.78 is 1.43. The third-order valence-corrected chi connectivity index (χ3v) is 4.95. The summed E-state index contributed by atoms with van der Waals surface area (Å²) in [5.74, 6) is 0.0777. The van der Waals surface area contributed by atoms with Crippen LogP contribution in [0.4, 0.5) is 0 Å². The molecule has 24 heavy (non-hydrogen) atoms. The lowest BCUT2D eigenvalue weighted by atomic mass is 10.0. The van der Waals surface area contributed by atoms with Crippen molar-refractivity contribution >= 4 is 22.1 Å². The minimum Gasteiger partial charge on any atom is -0.494 e. The van der Waals surface area contributed by atoms with Crippen molar-refractivity contribution in [2.75, 3.05) is 13.1 Å². The van der Waals surface area contributed by atoms with Gasteiger partial charge in [0.25, 0.3) is 0 Å². The minimum absolute atomic E-state index is 0.0777. The van der Waals surface area contributed by atoms with Crippen LogP contribution in [-0.4, -0.2) is 22.8 Å². The maximum Gasteiger partial charge on any atom is 0.309 e. The molecule has 5 heteroatoms. The van der Waals surface area contributed by atoms with Gasteiger partial charge >= 0.3 is 4.87 Å². The number of unbranched alkanes of at least 4 members (excludes halogenated alkanes) is 1. The lowest BCUT2D eigenvalue weighted by Gasteiger charge is -2.08. The van der Waals surface area contributed by atoms with Crippen molar-refractivity contribution in [2.24, 2.45) is 0 Å². The number of fused-ring (bicyclic) bond motifs is 1. The van der Waals surface area contributed by atoms with Crippen LogP contribution in [0.5, 0.6) is 5.88 Å². The molecule has 0 saturated carbocycles. The lowest BCUT2D eigenvalue weighted by molar-refractivity contribution is 0.406. The molecule has 0 radical (unpaired) electrons. The van der Waals surface area contributed by atoms with E-state index in [1.807, 2.05) is 0 Å². The number of rotatable bonds is 8. The predicted molar refractivity (Wildman–Crippen MR) is 100.0 cm³/mol. The van der Waals surface area contributed by atoms with Crippen LogP contribution in [0, 0.1) is 0 Å². The second-order valence-electron chi connectivity index (χ2n) is 5.86. The van der Waals surface area contributed by atoms with Gasteiger partial charge in [0.05, 0.1) is 5.38 Å². The summed E-state index contributed by atoms with van der Waals surface area (Å²) in [5, 5.41) is 17.1. The van der Waals surface area contributed by atoms with Crippen LogP contribution in [0.2, 0.25) is 0 Å². The highest BCUT2D eigenvalue weighted by Gasteiger charge is 2.04. The van der Waals surface area contributed by atoms with E-state index >= 15 is 0 Å². The van der Waals surface area contributed by atoms with E-state index in [1.54, 1.807) is 0 Å². The molecule has 0 saturated heterocycles. The first-order valence-electron chi connectivity index (χ1n) is 8.30. The molecule has 0 aliphatic carbocycles. The van der Waals surface area contributed by atoms with Gasteiger partial charge in [-0.1, -0.05) is 53.8 Å². The zero-order valence-corrected chi connectivity index (χ0v) is 14.4. The van der Waals surface area contributed by atoms with Crippen LogP contribution in [0.25, 0.3) is 10.8 Å². The van der Waals surface area contributed by atoms with E-state index < -0.39 is 0 Å². The number of hydrogen-bond acceptors (Lipinski definition) is 4. The summed E-state index contributed by atoms with van der Waals surface area (Å²) >= 11 is 1.04. The molecule has 0 aliphatic heterocycles. The van der Waals surface area contributed by atoms with E-state index in [2.05, 4.69) is 47.8 Å². The summed E-state index contributed by atoms with van der Waals surface area (Å²) in [6.45, 7) is 2.45. The lowest BCUT2D eigenvalue weighted by Crippen LogP contribution is -2.19. The van der Waals surface area contributed by atoms with Gasteiger partial charge < -0.3 is 10.4 Å². The maximum atomic E-state index is 11.5. The fraction of sp³-hybridized carbons (Fsp3) is 0.316. The van der Waals surface area contributed by atoms with Crippen molar-refractivity contribution in [3.05, 3.63) is 63.1 Å². The van der Waals surface area contributed by atoms with Gasteiger partial charge in [0.1, 0.15) is 0 Å². The summed E-state index contributed by atoms with van der Waals surface area (Å²) in [4.78, 5) is 11.4. The Morgan fingerprint density at radius 2 is 1.88 bits per heavy atom. The highest BCUT2D eigenvalue weighted by Crippen LogP contribution is 2.18. The zero-order chi connectivity index (χ0) is 16.8. The molecule has 4 nitrogen and oxygen atoms in total. The molecule has 3 rings (SSSR count). The number of hydrogen-bond donors (Lipinski definition) is 2. The fourth-order valence-corrected chi connectivity index (χ4v) is 3.55. The molecule has 2 aromatic carbocycles. The van der Waals surface area contributed by atoms with E-state index in [4.69, 9.17) is 0 Å². The molecule has 126 valence electrons. The first-order valence-corrected chi connectivity index (χ1v) is 9.18. The molecule has 0 bridgehead atoms. The quantitative estimate of drug-likeness (QED) is 0.617. The van der Waals surface area contributed by atoms with Gasteiger partial charge in [0.2, 0.25) is 5.88 Å². The Morgan fingerprint density at radius 1 is 1.04 bits per heavy atom. The summed E-state index contributed by atoms with van der Waals surface area (Å²) in [6.07, 6.45) is 2.87. The molecule has 0 spiro atoms. The van der Waals surface area contributed by atoms with Gasteiger partial charge in [-0.3, -0.25) is 9.36 Å². The Hall–Kier alpha value is -2.11. The molecule has 3 aromatic rings. The number of thiazole rings is 1. The Morgan fingerprint density at radius 3 is 2.71 bits per heavy atom. The highest BCUT2D eigenvalue weighted by molar-refractivity contribution is 7.07. The molecule has 0 atom stereocenters. The second kappa shape index (κ2) is 8.13. The van der Waals surface area contributed by atoms with Crippen LogP contribution in [0.1, 0.15) is 18.4 Å². The van der Waals surface area contributed by atoms with Crippen molar-refractivity contribution in [1.82, 2.24) is 9.88 Å². The molecule has 0 unspecified atom stereocenters. The van der Waals surface area contributed by atoms with E-state index in [1.165, 1.54) is 26.3 Å². The average molecular weight is 342 g/mol. The monoisotopic (exact) mass is 342 g/mol. The van der Waals surface area contributed by atoms with E-state index in [-0.39, 0.29) is 10.8 Å². The van der Waals surface area contributed by atoms with Gasteiger partial charge in [-0.25, -0.2) is 0 Å². The first kappa shape index (κ1) is 16.7. The average Bonchev–Trinajstić information content (AvgIpc) is 2.92. The zero-order valence-electron chi connectivity index (χ0n) is 13.6. The van der Waals surface area contributed by atoms with Crippen LogP contribution in [0.15, 0.2) is 52.6 Å². The summed E-state index contributed by atoms with van der Waals surface area (Å²) in [5.41, 5.74) is 1.37. The predicted octanol–water partition coefficient (Wildman–Crippen LogP) is 3.38. The Kier molecular flexibility index (Phi) is 5.67. The van der Waals surface area contributed by atoms with Gasteiger partial charge in [-0.05, 0) is 48.7 Å². The van der Waals surface area contributed by atoms with Crippen molar-refractivity contribution in [2.45, 2.75) is 25.8 Å². The molecule has 1 heterocycles. The normalized spacial score (nSPS) is 11.2. The number of nitrogens with one attached hydrogen (secondary N) is 1. The van der Waals surface area contributed by atoms with Crippen molar-refractivity contribution < 1.29 is 5.11 Å². The topological polar surface area (TPSA) is 54.3 Å². The largest absolute Gasteiger partial charge is 0.494 e. The number of aromatic nitrogens is 1. The summed E-state index contributed by atoms with van der Waals surface area (Å²) in [6, 6.07) is 14.9. The SMILES string of the molecule is O=c1scc(O)n1CCCCNCCc1cccc2ccccc12. The van der Waals surface area contributed by atoms with E-state index in [0.29, 0.717) is 6.54 Å². The minimum atomic E-state index is -0.0867. The van der Waals surface area contributed by atoms with Gasteiger partial charge in [0, 0.05) is 6.54 Å². The van der Waals surface area contributed by atoms with Crippen molar-refractivity contribution in [3.63, 3.8) is 0 Å². The molecular formula is C19H22N2O2S. The summed E-state index contributed by atoms with van der Waals surface area (Å²) in [7, 11) is 0. The van der Waals surface area contributed by atoms with E-state index in [0.717, 1.165) is 43.7 Å². The Balaban J connectivity index is 1.39. The van der Waals surface area contributed by atoms with Crippen LogP contribution >= 0.6 is 11.3 Å². The van der Waals surface area contributed by atoms with Gasteiger partial charge in [-0.15, -0.1) is 0 Å². The second-order valence-corrected chi connectivity index (χ2v) is 6.68. The highest BCUT2D eigenvalue weighted by atomic mass is 32.1. The van der Waals surface area contributed by atoms with Gasteiger partial charge in [-0.2, -0.15) is 0 Å². The molecule has 0 fully saturated rings. The number of nitrogens with zero attached hydrogens (tertiary/aromatic N) is 1. The molecular weight excluding hydrogens is 320 g/mol. The van der Waals surface area contributed by atoms with Crippen molar-refractivity contribution in [3.8, 4) is 5.88 Å². The number of aromatic hydroxyl groups is 1. The standard InChI is InChI=1S/C19H22N2O2S/c22-18-14-24-19(23)21(18)13-4-3-11-20-12-10-16-8-5-7-15-6-1-2-9-17(15)16/h1-2,5-9,14,20,22H,3-4,10-13H2. The van der Waals surface area contributed by atoms with Crippen LogP contribution < -0.4 is 10.2 Å². The van der Waals surface area contributed by atoms with Crippen LogP contribution in [0.3, 0.4) is 0 Å². The van der Waals surface area contributed by atoms with Crippen molar-refractivity contribution in [1.29, 1.82) is 0 Å². The molecule has 1 aromatic heterocycles. The van der Waals surface area contributed by atoms with E-state index in [9.17, 15) is 9.90 Å². The smallest absolute Gasteiger partial charge is 0.309 e.